The lowest BCUT2D eigenvalue weighted by molar-refractivity contribution is 0.0327. The van der Waals surface area contributed by atoms with E-state index in [4.69, 9.17) is 11.6 Å². The van der Waals surface area contributed by atoms with E-state index in [2.05, 4.69) is 15.9 Å². The summed E-state index contributed by atoms with van der Waals surface area (Å²) < 4.78 is 0.945. The third kappa shape index (κ3) is 3.38. The molecular weight excluding hydrogens is 324 g/mol. The molecule has 0 aromatic heterocycles. The standard InChI is InChI=1S/C16H16BrClO/c1-2-16(19,13-6-4-3-5-7-13)11-12-8-9-14(17)10-15(12)18/h3-10,19H,2,11H2,1H3. The highest BCUT2D eigenvalue weighted by Gasteiger charge is 2.28. The number of rotatable bonds is 4. The van der Waals surface area contributed by atoms with Crippen LogP contribution in [0.4, 0.5) is 0 Å². The van der Waals surface area contributed by atoms with Gasteiger partial charge < -0.3 is 5.11 Å². The Morgan fingerprint density at radius 3 is 2.42 bits per heavy atom. The van der Waals surface area contributed by atoms with Gasteiger partial charge in [-0.05, 0) is 29.7 Å². The summed E-state index contributed by atoms with van der Waals surface area (Å²) >= 11 is 9.63. The lowest BCUT2D eigenvalue weighted by Gasteiger charge is -2.28. The summed E-state index contributed by atoms with van der Waals surface area (Å²) in [5.41, 5.74) is 1.01. The van der Waals surface area contributed by atoms with E-state index in [9.17, 15) is 5.11 Å². The predicted molar refractivity (Wildman–Crippen MR) is 83.5 cm³/mol. The second kappa shape index (κ2) is 6.08. The highest BCUT2D eigenvalue weighted by molar-refractivity contribution is 9.10. The van der Waals surface area contributed by atoms with E-state index in [0.717, 1.165) is 15.6 Å². The fourth-order valence-corrected chi connectivity index (χ4v) is 2.90. The first kappa shape index (κ1) is 14.6. The normalized spacial score (nSPS) is 14.1. The van der Waals surface area contributed by atoms with Crippen LogP contribution in [0.3, 0.4) is 0 Å². The maximum Gasteiger partial charge on any atom is 0.0934 e. The molecule has 0 heterocycles. The molecule has 2 aromatic rings. The largest absolute Gasteiger partial charge is 0.385 e. The Morgan fingerprint density at radius 2 is 1.84 bits per heavy atom. The van der Waals surface area contributed by atoms with Crippen LogP contribution in [0.25, 0.3) is 0 Å². The molecule has 0 bridgehead atoms. The Bertz CT molecular complexity index is 556. The molecule has 0 aliphatic rings. The zero-order valence-corrected chi connectivity index (χ0v) is 13.1. The van der Waals surface area contributed by atoms with Crippen molar-refractivity contribution in [2.45, 2.75) is 25.4 Å². The molecule has 0 saturated heterocycles. The van der Waals surface area contributed by atoms with Crippen LogP contribution in [-0.2, 0) is 12.0 Å². The van der Waals surface area contributed by atoms with Crippen molar-refractivity contribution in [1.82, 2.24) is 0 Å². The van der Waals surface area contributed by atoms with Crippen molar-refractivity contribution in [2.75, 3.05) is 0 Å². The number of aliphatic hydroxyl groups is 1. The number of hydrogen-bond acceptors (Lipinski definition) is 1. The molecule has 0 radical (unpaired) electrons. The third-order valence-corrected chi connectivity index (χ3v) is 4.24. The molecule has 2 rings (SSSR count). The Balaban J connectivity index is 2.33. The summed E-state index contributed by atoms with van der Waals surface area (Å²) in [5.74, 6) is 0. The van der Waals surface area contributed by atoms with Crippen molar-refractivity contribution in [3.63, 3.8) is 0 Å². The van der Waals surface area contributed by atoms with Crippen molar-refractivity contribution in [3.8, 4) is 0 Å². The SMILES string of the molecule is CCC(O)(Cc1ccc(Br)cc1Cl)c1ccccc1. The number of benzene rings is 2. The molecule has 1 atom stereocenters. The van der Waals surface area contributed by atoms with Crippen LogP contribution >= 0.6 is 27.5 Å². The third-order valence-electron chi connectivity index (χ3n) is 3.39. The van der Waals surface area contributed by atoms with Crippen LogP contribution in [0, 0.1) is 0 Å². The summed E-state index contributed by atoms with van der Waals surface area (Å²) in [6.45, 7) is 1.99. The minimum atomic E-state index is -0.876. The Labute approximate surface area is 127 Å². The van der Waals surface area contributed by atoms with E-state index in [1.807, 2.05) is 55.5 Å². The van der Waals surface area contributed by atoms with Crippen LogP contribution in [0.2, 0.25) is 5.02 Å². The highest BCUT2D eigenvalue weighted by atomic mass is 79.9. The van der Waals surface area contributed by atoms with E-state index in [0.29, 0.717) is 17.9 Å². The van der Waals surface area contributed by atoms with E-state index in [1.165, 1.54) is 0 Å². The Kier molecular flexibility index (Phi) is 4.67. The van der Waals surface area contributed by atoms with Crippen LogP contribution < -0.4 is 0 Å². The summed E-state index contributed by atoms with van der Waals surface area (Å²) in [5, 5.41) is 11.5. The first-order chi connectivity index (χ1) is 9.05. The van der Waals surface area contributed by atoms with Gasteiger partial charge in [-0.15, -0.1) is 0 Å². The van der Waals surface area contributed by atoms with Gasteiger partial charge in [-0.2, -0.15) is 0 Å². The maximum absolute atomic E-state index is 10.9. The van der Waals surface area contributed by atoms with Gasteiger partial charge >= 0.3 is 0 Å². The van der Waals surface area contributed by atoms with Crippen molar-refractivity contribution < 1.29 is 5.11 Å². The smallest absolute Gasteiger partial charge is 0.0934 e. The molecular formula is C16H16BrClO. The van der Waals surface area contributed by atoms with E-state index < -0.39 is 5.60 Å². The molecule has 1 N–H and O–H groups in total. The van der Waals surface area contributed by atoms with E-state index >= 15 is 0 Å². The average molecular weight is 340 g/mol. The Hall–Kier alpha value is -0.830. The molecule has 0 aliphatic carbocycles. The quantitative estimate of drug-likeness (QED) is 0.836. The minimum Gasteiger partial charge on any atom is -0.385 e. The van der Waals surface area contributed by atoms with Gasteiger partial charge in [0.2, 0.25) is 0 Å². The first-order valence-corrected chi connectivity index (χ1v) is 7.44. The molecule has 19 heavy (non-hydrogen) atoms. The van der Waals surface area contributed by atoms with Gasteiger partial charge in [0.15, 0.2) is 0 Å². The van der Waals surface area contributed by atoms with Gasteiger partial charge in [0, 0.05) is 15.9 Å². The lowest BCUT2D eigenvalue weighted by Crippen LogP contribution is -2.27. The first-order valence-electron chi connectivity index (χ1n) is 6.27. The zero-order chi connectivity index (χ0) is 13.9. The summed E-state index contributed by atoms with van der Waals surface area (Å²) in [7, 11) is 0. The monoisotopic (exact) mass is 338 g/mol. The molecule has 100 valence electrons. The van der Waals surface area contributed by atoms with Crippen LogP contribution in [-0.4, -0.2) is 5.11 Å². The molecule has 0 spiro atoms. The zero-order valence-electron chi connectivity index (χ0n) is 10.7. The van der Waals surface area contributed by atoms with Gasteiger partial charge in [0.05, 0.1) is 5.60 Å². The van der Waals surface area contributed by atoms with Gasteiger partial charge in [-0.25, -0.2) is 0 Å². The van der Waals surface area contributed by atoms with Gasteiger partial charge in [-0.1, -0.05) is 70.9 Å². The molecule has 1 nitrogen and oxygen atoms in total. The molecule has 3 heteroatoms. The fraction of sp³-hybridized carbons (Fsp3) is 0.250. The van der Waals surface area contributed by atoms with Gasteiger partial charge in [0.25, 0.3) is 0 Å². The van der Waals surface area contributed by atoms with Crippen molar-refractivity contribution in [2.24, 2.45) is 0 Å². The second-order valence-corrected chi connectivity index (χ2v) is 5.99. The lowest BCUT2D eigenvalue weighted by atomic mass is 9.85. The van der Waals surface area contributed by atoms with Crippen molar-refractivity contribution >= 4 is 27.5 Å². The number of halogens is 2. The maximum atomic E-state index is 10.9. The molecule has 0 fully saturated rings. The highest BCUT2D eigenvalue weighted by Crippen LogP contribution is 2.32. The summed E-state index contributed by atoms with van der Waals surface area (Å²) in [6, 6.07) is 15.5. The summed E-state index contributed by atoms with van der Waals surface area (Å²) in [4.78, 5) is 0. The average Bonchev–Trinajstić information content (AvgIpc) is 2.43. The molecule has 0 aliphatic heterocycles. The van der Waals surface area contributed by atoms with Gasteiger partial charge in [-0.3, -0.25) is 0 Å². The van der Waals surface area contributed by atoms with Crippen molar-refractivity contribution in [3.05, 3.63) is 69.2 Å². The van der Waals surface area contributed by atoms with Gasteiger partial charge in [0.1, 0.15) is 0 Å². The number of hydrogen-bond donors (Lipinski definition) is 1. The molecule has 2 aromatic carbocycles. The van der Waals surface area contributed by atoms with E-state index in [-0.39, 0.29) is 0 Å². The molecule has 0 amide bonds. The van der Waals surface area contributed by atoms with E-state index in [1.54, 1.807) is 0 Å². The molecule has 0 saturated carbocycles. The van der Waals surface area contributed by atoms with Crippen molar-refractivity contribution in [1.29, 1.82) is 0 Å². The summed E-state index contributed by atoms with van der Waals surface area (Å²) in [6.07, 6.45) is 1.16. The second-order valence-electron chi connectivity index (χ2n) is 4.66. The van der Waals surface area contributed by atoms with Crippen LogP contribution in [0.1, 0.15) is 24.5 Å². The topological polar surface area (TPSA) is 20.2 Å². The fourth-order valence-electron chi connectivity index (χ4n) is 2.16. The molecule has 1 unspecified atom stereocenters. The van der Waals surface area contributed by atoms with Crippen LogP contribution in [0.5, 0.6) is 0 Å². The van der Waals surface area contributed by atoms with Crippen LogP contribution in [0.15, 0.2) is 53.0 Å². The predicted octanol–water partition coefficient (Wildman–Crippen LogP) is 4.94. The Morgan fingerprint density at radius 1 is 1.16 bits per heavy atom. The minimum absolute atomic E-state index is 0.514.